The Balaban J connectivity index is 1.93. The summed E-state index contributed by atoms with van der Waals surface area (Å²) in [7, 11) is 0. The first-order valence-electron chi connectivity index (χ1n) is 6.03. The maximum absolute atomic E-state index is 10.3. The third-order valence-electron chi connectivity index (χ3n) is 2.86. The van der Waals surface area contributed by atoms with Gasteiger partial charge >= 0.3 is 5.97 Å². The topological polar surface area (TPSA) is 46.5 Å². The van der Waals surface area contributed by atoms with Gasteiger partial charge in [-0.1, -0.05) is 42.5 Å². The average Bonchev–Trinajstić information content (AvgIpc) is 2.38. The lowest BCUT2D eigenvalue weighted by molar-refractivity contribution is -0.138. The molecule has 0 unspecified atom stereocenters. The Labute approximate surface area is 106 Å². The van der Waals surface area contributed by atoms with Crippen LogP contribution in [0.1, 0.15) is 12.0 Å². The average molecular weight is 244 g/mol. The van der Waals surface area contributed by atoms with E-state index in [2.05, 4.69) is 24.3 Å². The molecule has 0 aromatic heterocycles. The van der Waals surface area contributed by atoms with E-state index in [1.807, 2.05) is 18.2 Å². The van der Waals surface area contributed by atoms with Crippen molar-refractivity contribution >= 4 is 16.7 Å². The molecule has 0 bridgehead atoms. The second-order valence-electron chi connectivity index (χ2n) is 4.14. The van der Waals surface area contributed by atoms with Gasteiger partial charge in [0.05, 0.1) is 19.6 Å². The smallest absolute Gasteiger partial charge is 0.305 e. The number of carboxylic acid groups (broad SMARTS) is 1. The van der Waals surface area contributed by atoms with Crippen molar-refractivity contribution < 1.29 is 14.6 Å². The summed E-state index contributed by atoms with van der Waals surface area (Å²) in [5.41, 5.74) is 1.24. The van der Waals surface area contributed by atoms with Crippen molar-refractivity contribution in [2.75, 3.05) is 13.2 Å². The first-order chi connectivity index (χ1) is 8.77. The summed E-state index contributed by atoms with van der Waals surface area (Å²) in [6.45, 7) is 0.835. The van der Waals surface area contributed by atoms with Crippen LogP contribution in [-0.4, -0.2) is 24.3 Å². The molecule has 0 amide bonds. The Morgan fingerprint density at radius 1 is 1.06 bits per heavy atom. The van der Waals surface area contributed by atoms with Gasteiger partial charge in [0.15, 0.2) is 0 Å². The minimum absolute atomic E-state index is 0.0650. The molecule has 18 heavy (non-hydrogen) atoms. The number of carbonyl (C=O) groups is 1. The Morgan fingerprint density at radius 3 is 2.67 bits per heavy atom. The number of aliphatic carboxylic acids is 1. The van der Waals surface area contributed by atoms with Gasteiger partial charge in [-0.15, -0.1) is 0 Å². The van der Waals surface area contributed by atoms with Crippen LogP contribution in [0.3, 0.4) is 0 Å². The van der Waals surface area contributed by atoms with Crippen molar-refractivity contribution in [3.63, 3.8) is 0 Å². The molecule has 0 heterocycles. The van der Waals surface area contributed by atoms with Crippen molar-refractivity contribution in [3.8, 4) is 0 Å². The van der Waals surface area contributed by atoms with E-state index in [9.17, 15) is 4.79 Å². The normalized spacial score (nSPS) is 10.7. The van der Waals surface area contributed by atoms with Crippen LogP contribution in [0.4, 0.5) is 0 Å². The summed E-state index contributed by atoms with van der Waals surface area (Å²) >= 11 is 0. The molecule has 1 N–H and O–H groups in total. The third kappa shape index (κ3) is 3.31. The van der Waals surface area contributed by atoms with Gasteiger partial charge in [-0.05, 0) is 22.8 Å². The number of carboxylic acids is 1. The quantitative estimate of drug-likeness (QED) is 0.795. The zero-order valence-electron chi connectivity index (χ0n) is 10.1. The van der Waals surface area contributed by atoms with Gasteiger partial charge in [0, 0.05) is 0 Å². The van der Waals surface area contributed by atoms with E-state index in [4.69, 9.17) is 9.84 Å². The fraction of sp³-hybridized carbons (Fsp3) is 0.267. The van der Waals surface area contributed by atoms with Crippen molar-refractivity contribution in [1.29, 1.82) is 0 Å². The molecule has 0 saturated heterocycles. The second-order valence-corrected chi connectivity index (χ2v) is 4.14. The number of hydrogen-bond acceptors (Lipinski definition) is 2. The summed E-state index contributed by atoms with van der Waals surface area (Å²) in [5, 5.41) is 11.0. The summed E-state index contributed by atoms with van der Waals surface area (Å²) in [4.78, 5) is 10.3. The molecule has 94 valence electrons. The lowest BCUT2D eigenvalue weighted by atomic mass is 10.0. The second kappa shape index (κ2) is 6.17. The van der Waals surface area contributed by atoms with Crippen LogP contribution in [0, 0.1) is 0 Å². The van der Waals surface area contributed by atoms with Gasteiger partial charge in [0.2, 0.25) is 0 Å². The van der Waals surface area contributed by atoms with E-state index >= 15 is 0 Å². The highest BCUT2D eigenvalue weighted by molar-refractivity contribution is 5.85. The number of rotatable bonds is 6. The molecule has 0 aliphatic rings. The number of hydrogen-bond donors (Lipinski definition) is 1. The Morgan fingerprint density at radius 2 is 1.83 bits per heavy atom. The number of benzene rings is 2. The van der Waals surface area contributed by atoms with E-state index < -0.39 is 5.97 Å². The van der Waals surface area contributed by atoms with E-state index in [1.54, 1.807) is 0 Å². The molecular weight excluding hydrogens is 228 g/mol. The fourth-order valence-corrected chi connectivity index (χ4v) is 1.95. The lowest BCUT2D eigenvalue weighted by Crippen LogP contribution is -2.05. The van der Waals surface area contributed by atoms with Gasteiger partial charge in [-0.25, -0.2) is 0 Å². The largest absolute Gasteiger partial charge is 0.481 e. The molecule has 3 nitrogen and oxygen atoms in total. The Kier molecular flexibility index (Phi) is 4.31. The molecule has 0 spiro atoms. The first-order valence-corrected chi connectivity index (χ1v) is 6.03. The highest BCUT2D eigenvalue weighted by Gasteiger charge is 2.01. The molecule has 0 saturated carbocycles. The van der Waals surface area contributed by atoms with Gasteiger partial charge < -0.3 is 9.84 Å². The maximum atomic E-state index is 10.3. The van der Waals surface area contributed by atoms with Crippen LogP contribution >= 0.6 is 0 Å². The first kappa shape index (κ1) is 12.6. The standard InChI is InChI=1S/C15H16O3/c16-15(17)9-11-18-10-8-13-6-3-5-12-4-1-2-7-14(12)13/h1-7H,8-11H2,(H,16,17). The molecular formula is C15H16O3. The van der Waals surface area contributed by atoms with Gasteiger partial charge in [0.25, 0.3) is 0 Å². The molecule has 0 aliphatic carbocycles. The molecule has 0 atom stereocenters. The number of fused-ring (bicyclic) bond motifs is 1. The Bertz CT molecular complexity index is 529. The highest BCUT2D eigenvalue weighted by Crippen LogP contribution is 2.18. The zero-order valence-corrected chi connectivity index (χ0v) is 10.1. The van der Waals surface area contributed by atoms with E-state index in [0.717, 1.165) is 6.42 Å². The maximum Gasteiger partial charge on any atom is 0.305 e. The van der Waals surface area contributed by atoms with Crippen LogP contribution in [0.5, 0.6) is 0 Å². The summed E-state index contributed by atoms with van der Waals surface area (Å²) < 4.78 is 5.32. The van der Waals surface area contributed by atoms with E-state index in [0.29, 0.717) is 6.61 Å². The van der Waals surface area contributed by atoms with Gasteiger partial charge in [-0.2, -0.15) is 0 Å². The molecule has 2 aromatic carbocycles. The lowest BCUT2D eigenvalue weighted by Gasteiger charge is -2.06. The highest BCUT2D eigenvalue weighted by atomic mass is 16.5. The third-order valence-corrected chi connectivity index (χ3v) is 2.86. The van der Waals surface area contributed by atoms with Gasteiger partial charge in [0.1, 0.15) is 0 Å². The minimum Gasteiger partial charge on any atom is -0.481 e. The monoisotopic (exact) mass is 244 g/mol. The van der Waals surface area contributed by atoms with Crippen LogP contribution < -0.4 is 0 Å². The SMILES string of the molecule is O=C(O)CCOCCc1cccc2ccccc12. The fourth-order valence-electron chi connectivity index (χ4n) is 1.95. The van der Waals surface area contributed by atoms with Crippen LogP contribution in [0.15, 0.2) is 42.5 Å². The zero-order chi connectivity index (χ0) is 12.8. The molecule has 0 aliphatic heterocycles. The van der Waals surface area contributed by atoms with E-state index in [1.165, 1.54) is 16.3 Å². The molecule has 2 rings (SSSR count). The molecule has 0 fully saturated rings. The van der Waals surface area contributed by atoms with Gasteiger partial charge in [-0.3, -0.25) is 4.79 Å². The summed E-state index contributed by atoms with van der Waals surface area (Å²) in [5.74, 6) is -0.819. The van der Waals surface area contributed by atoms with E-state index in [-0.39, 0.29) is 13.0 Å². The molecule has 2 aromatic rings. The van der Waals surface area contributed by atoms with Crippen molar-refractivity contribution in [2.24, 2.45) is 0 Å². The predicted molar refractivity (Wildman–Crippen MR) is 70.7 cm³/mol. The van der Waals surface area contributed by atoms with Crippen LogP contribution in [0.2, 0.25) is 0 Å². The van der Waals surface area contributed by atoms with Crippen molar-refractivity contribution in [1.82, 2.24) is 0 Å². The Hall–Kier alpha value is -1.87. The van der Waals surface area contributed by atoms with Crippen molar-refractivity contribution in [2.45, 2.75) is 12.8 Å². The van der Waals surface area contributed by atoms with Crippen LogP contribution in [-0.2, 0) is 16.0 Å². The van der Waals surface area contributed by atoms with Crippen LogP contribution in [0.25, 0.3) is 10.8 Å². The predicted octanol–water partition coefficient (Wildman–Crippen LogP) is 2.87. The summed E-state index contributed by atoms with van der Waals surface area (Å²) in [6, 6.07) is 14.4. The molecule has 3 heteroatoms. The van der Waals surface area contributed by atoms with Crippen molar-refractivity contribution in [3.05, 3.63) is 48.0 Å². The minimum atomic E-state index is -0.819. The summed E-state index contributed by atoms with van der Waals surface area (Å²) in [6.07, 6.45) is 0.872. The molecule has 0 radical (unpaired) electrons. The number of ether oxygens (including phenoxy) is 1.